The van der Waals surface area contributed by atoms with Gasteiger partial charge in [-0.15, -0.1) is 0 Å². The lowest BCUT2D eigenvalue weighted by atomic mass is 10.1. The number of nitrogens with zero attached hydrogens (tertiary/aromatic N) is 2. The molecule has 28 heavy (non-hydrogen) atoms. The third-order valence-electron chi connectivity index (χ3n) is 5.24. The Hall–Kier alpha value is -1.93. The molecule has 0 aliphatic carbocycles. The van der Waals surface area contributed by atoms with Gasteiger partial charge in [0.05, 0.1) is 12.0 Å². The lowest BCUT2D eigenvalue weighted by Crippen LogP contribution is -2.42. The molecule has 1 amide bonds. The Labute approximate surface area is 167 Å². The number of aryl methyl sites for hydroxylation is 1. The van der Waals surface area contributed by atoms with Crippen LogP contribution in [0, 0.1) is 6.92 Å². The lowest BCUT2D eigenvalue weighted by Gasteiger charge is -2.32. The molecule has 0 spiro atoms. The average Bonchev–Trinajstić information content (AvgIpc) is 2.67. The molecule has 0 saturated carbocycles. The number of methoxy groups -OCH3 is 1. The van der Waals surface area contributed by atoms with Crippen LogP contribution in [0.5, 0.6) is 0 Å². The van der Waals surface area contributed by atoms with Crippen molar-refractivity contribution in [1.82, 2.24) is 9.21 Å². The summed E-state index contributed by atoms with van der Waals surface area (Å²) in [7, 11) is -0.665. The van der Waals surface area contributed by atoms with E-state index in [2.05, 4.69) is 4.74 Å². The van der Waals surface area contributed by atoms with Crippen LogP contribution in [0.3, 0.4) is 0 Å². The maximum absolute atomic E-state index is 13.1. The summed E-state index contributed by atoms with van der Waals surface area (Å²) < 4.78 is 32.3. The van der Waals surface area contributed by atoms with E-state index in [0.717, 1.165) is 24.8 Å². The first-order valence-electron chi connectivity index (χ1n) is 9.63. The summed E-state index contributed by atoms with van der Waals surface area (Å²) in [5, 5.41) is 0. The fourth-order valence-corrected chi connectivity index (χ4v) is 5.15. The molecule has 1 heterocycles. The Bertz CT molecular complexity index is 822. The molecule has 0 radical (unpaired) electrons. The van der Waals surface area contributed by atoms with Gasteiger partial charge < -0.3 is 9.64 Å². The third-order valence-corrected chi connectivity index (χ3v) is 7.25. The quantitative estimate of drug-likeness (QED) is 0.645. The zero-order chi connectivity index (χ0) is 20.9. The molecular formula is C20H30N2O5S. The topological polar surface area (TPSA) is 84.0 Å². The van der Waals surface area contributed by atoms with Gasteiger partial charge in [-0.1, -0.05) is 12.5 Å². The number of sulfonamides is 1. The van der Waals surface area contributed by atoms with Gasteiger partial charge in [0.2, 0.25) is 10.0 Å². The van der Waals surface area contributed by atoms with Gasteiger partial charge in [-0.25, -0.2) is 8.42 Å². The summed E-state index contributed by atoms with van der Waals surface area (Å²) in [5.41, 5.74) is 1.08. The fourth-order valence-electron chi connectivity index (χ4n) is 3.43. The molecule has 1 aliphatic rings. The second-order valence-electron chi connectivity index (χ2n) is 7.34. The molecule has 0 aromatic heterocycles. The van der Waals surface area contributed by atoms with E-state index in [-0.39, 0.29) is 29.2 Å². The molecule has 8 heteroatoms. The summed E-state index contributed by atoms with van der Waals surface area (Å²) in [6.45, 7) is 4.60. The van der Waals surface area contributed by atoms with Crippen molar-refractivity contribution < 1.29 is 22.7 Å². The second kappa shape index (κ2) is 9.52. The van der Waals surface area contributed by atoms with Gasteiger partial charge in [-0.3, -0.25) is 9.59 Å². The first-order chi connectivity index (χ1) is 13.2. The van der Waals surface area contributed by atoms with Crippen molar-refractivity contribution in [2.45, 2.75) is 56.9 Å². The summed E-state index contributed by atoms with van der Waals surface area (Å²) >= 11 is 0. The normalized spacial score (nSPS) is 17.9. The van der Waals surface area contributed by atoms with Gasteiger partial charge in [-0.05, 0) is 50.8 Å². The smallest absolute Gasteiger partial charge is 0.305 e. The van der Waals surface area contributed by atoms with Crippen molar-refractivity contribution in [2.75, 3.05) is 27.2 Å². The Morgan fingerprint density at radius 3 is 2.64 bits per heavy atom. The highest BCUT2D eigenvalue weighted by atomic mass is 32.2. The van der Waals surface area contributed by atoms with Crippen LogP contribution in [0.15, 0.2) is 23.1 Å². The summed E-state index contributed by atoms with van der Waals surface area (Å²) in [4.78, 5) is 25.7. The van der Waals surface area contributed by atoms with Crippen LogP contribution in [-0.4, -0.2) is 62.8 Å². The summed E-state index contributed by atoms with van der Waals surface area (Å²) in [5.74, 6) is -0.577. The Balaban J connectivity index is 2.20. The van der Waals surface area contributed by atoms with Crippen molar-refractivity contribution >= 4 is 21.9 Å². The number of carbonyl (C=O) groups is 2. The number of hydrogen-bond donors (Lipinski definition) is 0. The van der Waals surface area contributed by atoms with E-state index in [1.54, 1.807) is 26.1 Å². The third kappa shape index (κ3) is 5.11. The van der Waals surface area contributed by atoms with Crippen LogP contribution in [0.25, 0.3) is 0 Å². The molecule has 0 unspecified atom stereocenters. The Morgan fingerprint density at radius 1 is 1.29 bits per heavy atom. The highest BCUT2D eigenvalue weighted by Crippen LogP contribution is 2.26. The molecule has 1 atom stereocenters. The molecule has 1 fully saturated rings. The standard InChI is InChI=1S/C20H30N2O5S/c1-15-10-11-17(28(25,26)22-13-6-5-8-16(22)2)14-18(15)20(24)21(3)12-7-9-19(23)27-4/h10-11,14,16H,5-9,12-13H2,1-4H3/t16-/m0/s1. The molecule has 1 saturated heterocycles. The first kappa shape index (κ1) is 22.4. The molecule has 1 aromatic rings. The largest absolute Gasteiger partial charge is 0.469 e. The summed E-state index contributed by atoms with van der Waals surface area (Å²) in [6.07, 6.45) is 3.44. The number of esters is 1. The van der Waals surface area contributed by atoms with E-state index in [1.165, 1.54) is 22.4 Å². The van der Waals surface area contributed by atoms with Crippen molar-refractivity contribution in [2.24, 2.45) is 0 Å². The van der Waals surface area contributed by atoms with Crippen LogP contribution in [0.1, 0.15) is 54.9 Å². The van der Waals surface area contributed by atoms with Crippen molar-refractivity contribution in [3.8, 4) is 0 Å². The average molecular weight is 411 g/mol. The van der Waals surface area contributed by atoms with E-state index >= 15 is 0 Å². The van der Waals surface area contributed by atoms with E-state index in [1.807, 2.05) is 6.92 Å². The molecule has 156 valence electrons. The second-order valence-corrected chi connectivity index (χ2v) is 9.23. The van der Waals surface area contributed by atoms with Gasteiger partial charge in [0, 0.05) is 38.2 Å². The molecule has 0 bridgehead atoms. The molecule has 0 N–H and O–H groups in total. The zero-order valence-electron chi connectivity index (χ0n) is 17.1. The predicted octanol–water partition coefficient (Wildman–Crippen LogP) is 2.58. The minimum atomic E-state index is -3.64. The van der Waals surface area contributed by atoms with Crippen molar-refractivity contribution in [1.29, 1.82) is 0 Å². The molecule has 1 aromatic carbocycles. The van der Waals surface area contributed by atoms with Crippen molar-refractivity contribution in [3.05, 3.63) is 29.3 Å². The SMILES string of the molecule is COC(=O)CCCN(C)C(=O)c1cc(S(=O)(=O)N2CCCC[C@@H]2C)ccc1C. The van der Waals surface area contributed by atoms with Gasteiger partial charge >= 0.3 is 5.97 Å². The van der Waals surface area contributed by atoms with Gasteiger partial charge in [0.15, 0.2) is 0 Å². The van der Waals surface area contributed by atoms with Crippen LogP contribution in [-0.2, 0) is 19.6 Å². The van der Waals surface area contributed by atoms with Crippen molar-refractivity contribution in [3.63, 3.8) is 0 Å². The number of piperidine rings is 1. The van der Waals surface area contributed by atoms with Crippen LogP contribution >= 0.6 is 0 Å². The van der Waals surface area contributed by atoms with E-state index in [9.17, 15) is 18.0 Å². The minimum Gasteiger partial charge on any atom is -0.469 e. The van der Waals surface area contributed by atoms with Gasteiger partial charge in [0.25, 0.3) is 5.91 Å². The molecule has 7 nitrogen and oxygen atoms in total. The zero-order valence-corrected chi connectivity index (χ0v) is 17.9. The lowest BCUT2D eigenvalue weighted by molar-refractivity contribution is -0.140. The number of ether oxygens (including phenoxy) is 1. The number of hydrogen-bond acceptors (Lipinski definition) is 5. The van der Waals surface area contributed by atoms with Gasteiger partial charge in [-0.2, -0.15) is 4.31 Å². The van der Waals surface area contributed by atoms with Gasteiger partial charge in [0.1, 0.15) is 0 Å². The van der Waals surface area contributed by atoms with Crippen LogP contribution in [0.2, 0.25) is 0 Å². The number of benzene rings is 1. The number of rotatable bonds is 7. The molecular weight excluding hydrogens is 380 g/mol. The highest BCUT2D eigenvalue weighted by Gasteiger charge is 2.31. The van der Waals surface area contributed by atoms with E-state index in [0.29, 0.717) is 25.1 Å². The maximum Gasteiger partial charge on any atom is 0.305 e. The minimum absolute atomic E-state index is 0.0415. The molecule has 1 aliphatic heterocycles. The van der Waals surface area contributed by atoms with E-state index in [4.69, 9.17) is 0 Å². The Morgan fingerprint density at radius 2 is 2.00 bits per heavy atom. The number of carbonyl (C=O) groups excluding carboxylic acids is 2. The summed E-state index contributed by atoms with van der Waals surface area (Å²) in [6, 6.07) is 4.68. The molecule has 2 rings (SSSR count). The highest BCUT2D eigenvalue weighted by molar-refractivity contribution is 7.89. The maximum atomic E-state index is 13.1. The first-order valence-corrected chi connectivity index (χ1v) is 11.1. The van der Waals surface area contributed by atoms with E-state index < -0.39 is 10.0 Å². The Kier molecular flexibility index (Phi) is 7.60. The fraction of sp³-hybridized carbons (Fsp3) is 0.600. The predicted molar refractivity (Wildman–Crippen MR) is 107 cm³/mol. The van der Waals surface area contributed by atoms with Crippen LogP contribution in [0.4, 0.5) is 0 Å². The monoisotopic (exact) mass is 410 g/mol. The number of amides is 1. The van der Waals surface area contributed by atoms with Crippen LogP contribution < -0.4 is 0 Å².